The molecule has 0 aromatic heterocycles. The van der Waals surface area contributed by atoms with Crippen molar-refractivity contribution in [3.05, 3.63) is 28.8 Å². The van der Waals surface area contributed by atoms with Crippen LogP contribution in [-0.2, 0) is 14.3 Å². The van der Waals surface area contributed by atoms with Crippen molar-refractivity contribution < 1.29 is 23.8 Å². The van der Waals surface area contributed by atoms with Gasteiger partial charge in [0.1, 0.15) is 0 Å². The van der Waals surface area contributed by atoms with Crippen LogP contribution in [0.2, 0.25) is 5.02 Å². The standard InChI is InChI=1S/C22H30ClNO5/c1-14(2)29-22-17(23)11-16(12-19(22)27-4)9-10-21(26)28-13-20(25)24-18-8-6-5-7-15(18)3/h9-12,14-15,18H,5-8,13H2,1-4H3,(H,24,25)/b10-9+/t15-,18-/m1/s1. The van der Waals surface area contributed by atoms with E-state index in [0.717, 1.165) is 19.3 Å². The van der Waals surface area contributed by atoms with Crippen LogP contribution in [0, 0.1) is 5.92 Å². The van der Waals surface area contributed by atoms with E-state index in [1.54, 1.807) is 18.2 Å². The van der Waals surface area contributed by atoms with Crippen molar-refractivity contribution in [1.29, 1.82) is 0 Å². The van der Waals surface area contributed by atoms with Crippen LogP contribution in [0.5, 0.6) is 11.5 Å². The smallest absolute Gasteiger partial charge is 0.331 e. The molecule has 29 heavy (non-hydrogen) atoms. The van der Waals surface area contributed by atoms with Crippen molar-refractivity contribution >= 4 is 29.6 Å². The maximum Gasteiger partial charge on any atom is 0.331 e. The van der Waals surface area contributed by atoms with Gasteiger partial charge in [-0.1, -0.05) is 31.4 Å². The summed E-state index contributed by atoms with van der Waals surface area (Å²) in [5.41, 5.74) is 0.653. The van der Waals surface area contributed by atoms with Gasteiger partial charge in [-0.05, 0) is 56.4 Å². The van der Waals surface area contributed by atoms with Gasteiger partial charge in [-0.15, -0.1) is 0 Å². The fourth-order valence-corrected chi connectivity index (χ4v) is 3.58. The lowest BCUT2D eigenvalue weighted by Gasteiger charge is -2.29. The van der Waals surface area contributed by atoms with Gasteiger partial charge >= 0.3 is 5.97 Å². The largest absolute Gasteiger partial charge is 0.493 e. The molecule has 6 nitrogen and oxygen atoms in total. The Balaban J connectivity index is 1.89. The first-order valence-electron chi connectivity index (χ1n) is 9.98. The van der Waals surface area contributed by atoms with Crippen molar-refractivity contribution in [1.82, 2.24) is 5.32 Å². The van der Waals surface area contributed by atoms with Crippen LogP contribution in [0.25, 0.3) is 6.08 Å². The zero-order valence-electron chi connectivity index (χ0n) is 17.5. The highest BCUT2D eigenvalue weighted by molar-refractivity contribution is 6.32. The summed E-state index contributed by atoms with van der Waals surface area (Å²) in [6.07, 6.45) is 7.15. The second kappa shape index (κ2) is 11.1. The monoisotopic (exact) mass is 423 g/mol. The average molecular weight is 424 g/mol. The Morgan fingerprint density at radius 2 is 2.00 bits per heavy atom. The van der Waals surface area contributed by atoms with Gasteiger partial charge < -0.3 is 19.5 Å². The molecule has 1 saturated carbocycles. The third-order valence-corrected chi connectivity index (χ3v) is 5.10. The van der Waals surface area contributed by atoms with E-state index >= 15 is 0 Å². The maximum atomic E-state index is 12.0. The quantitative estimate of drug-likeness (QED) is 0.496. The average Bonchev–Trinajstić information content (AvgIpc) is 2.68. The Bertz CT molecular complexity index is 747. The number of amides is 1. The lowest BCUT2D eigenvalue weighted by Crippen LogP contribution is -2.42. The molecule has 7 heteroatoms. The van der Waals surface area contributed by atoms with Gasteiger partial charge in [-0.3, -0.25) is 4.79 Å². The summed E-state index contributed by atoms with van der Waals surface area (Å²) < 4.78 is 16.0. The predicted molar refractivity (Wildman–Crippen MR) is 113 cm³/mol. The second-order valence-corrected chi connectivity index (χ2v) is 7.98. The number of benzene rings is 1. The van der Waals surface area contributed by atoms with Crippen LogP contribution in [-0.4, -0.2) is 37.7 Å². The predicted octanol–water partition coefficient (Wildman–Crippen LogP) is 4.39. The normalized spacial score (nSPS) is 19.2. The molecule has 1 N–H and O–H groups in total. The Morgan fingerprint density at radius 1 is 1.28 bits per heavy atom. The molecule has 0 radical (unpaired) electrons. The molecule has 1 aromatic carbocycles. The lowest BCUT2D eigenvalue weighted by atomic mass is 9.86. The molecule has 1 amide bonds. The molecule has 0 bridgehead atoms. The number of methoxy groups -OCH3 is 1. The van der Waals surface area contributed by atoms with E-state index in [1.807, 2.05) is 13.8 Å². The highest BCUT2D eigenvalue weighted by Gasteiger charge is 2.23. The highest BCUT2D eigenvalue weighted by Crippen LogP contribution is 2.37. The van der Waals surface area contributed by atoms with Gasteiger partial charge in [0.2, 0.25) is 0 Å². The van der Waals surface area contributed by atoms with E-state index in [-0.39, 0.29) is 24.7 Å². The van der Waals surface area contributed by atoms with Gasteiger partial charge in [-0.2, -0.15) is 0 Å². The molecule has 0 spiro atoms. The summed E-state index contributed by atoms with van der Waals surface area (Å²) in [6.45, 7) is 5.63. The number of nitrogens with one attached hydrogen (secondary N) is 1. The number of rotatable bonds is 8. The van der Waals surface area contributed by atoms with Gasteiger partial charge in [0.15, 0.2) is 18.1 Å². The van der Waals surface area contributed by atoms with Crippen LogP contribution in [0.1, 0.15) is 52.0 Å². The minimum absolute atomic E-state index is 0.0551. The summed E-state index contributed by atoms with van der Waals surface area (Å²) in [5, 5.41) is 3.34. The number of carbonyl (C=O) groups excluding carboxylic acids is 2. The molecule has 2 atom stereocenters. The summed E-state index contributed by atoms with van der Waals surface area (Å²) >= 11 is 6.27. The van der Waals surface area contributed by atoms with Crippen molar-refractivity contribution in [2.45, 2.75) is 58.6 Å². The minimum atomic E-state index is -0.602. The van der Waals surface area contributed by atoms with Crippen molar-refractivity contribution in [2.24, 2.45) is 5.92 Å². The van der Waals surface area contributed by atoms with Crippen LogP contribution in [0.4, 0.5) is 0 Å². The minimum Gasteiger partial charge on any atom is -0.493 e. The first kappa shape index (κ1) is 23.1. The summed E-state index contributed by atoms with van der Waals surface area (Å²) in [4.78, 5) is 24.0. The Morgan fingerprint density at radius 3 is 2.66 bits per heavy atom. The SMILES string of the molecule is COc1cc(/C=C/C(=O)OCC(=O)N[C@@H]2CCCC[C@H]2C)cc(Cl)c1OC(C)C. The molecule has 1 fully saturated rings. The van der Waals surface area contributed by atoms with E-state index < -0.39 is 5.97 Å². The first-order valence-corrected chi connectivity index (χ1v) is 10.4. The molecule has 0 unspecified atom stereocenters. The van der Waals surface area contributed by atoms with Crippen molar-refractivity contribution in [2.75, 3.05) is 13.7 Å². The summed E-state index contributed by atoms with van der Waals surface area (Å²) in [6, 6.07) is 3.54. The fraction of sp³-hybridized carbons (Fsp3) is 0.545. The number of esters is 1. The molecule has 1 aromatic rings. The third-order valence-electron chi connectivity index (χ3n) is 4.82. The van der Waals surface area contributed by atoms with Gasteiger partial charge in [0.05, 0.1) is 18.2 Å². The van der Waals surface area contributed by atoms with E-state index in [1.165, 1.54) is 19.6 Å². The topological polar surface area (TPSA) is 73.9 Å². The molecule has 1 aliphatic carbocycles. The van der Waals surface area contributed by atoms with Gasteiger partial charge in [-0.25, -0.2) is 4.79 Å². The van der Waals surface area contributed by atoms with Gasteiger partial charge in [0, 0.05) is 12.1 Å². The van der Waals surface area contributed by atoms with Crippen LogP contribution in [0.3, 0.4) is 0 Å². The van der Waals surface area contributed by atoms with Crippen LogP contribution in [0.15, 0.2) is 18.2 Å². The Labute approximate surface area is 177 Å². The molecular weight excluding hydrogens is 394 g/mol. The number of hydrogen-bond acceptors (Lipinski definition) is 5. The van der Waals surface area contributed by atoms with E-state index in [0.29, 0.717) is 28.0 Å². The molecule has 160 valence electrons. The Hall–Kier alpha value is -2.21. The van der Waals surface area contributed by atoms with Crippen molar-refractivity contribution in [3.63, 3.8) is 0 Å². The molecule has 0 aliphatic heterocycles. The zero-order chi connectivity index (χ0) is 21.4. The Kier molecular flexibility index (Phi) is 8.83. The molecule has 0 heterocycles. The highest BCUT2D eigenvalue weighted by atomic mass is 35.5. The lowest BCUT2D eigenvalue weighted by molar-refractivity contribution is -0.144. The summed E-state index contributed by atoms with van der Waals surface area (Å²) in [5.74, 6) is 0.503. The molecular formula is C22H30ClNO5. The maximum absolute atomic E-state index is 12.0. The van der Waals surface area contributed by atoms with E-state index in [2.05, 4.69) is 12.2 Å². The molecule has 2 rings (SSSR count). The number of hydrogen-bond donors (Lipinski definition) is 1. The van der Waals surface area contributed by atoms with Crippen LogP contribution >= 0.6 is 11.6 Å². The number of halogens is 1. The van der Waals surface area contributed by atoms with Crippen LogP contribution < -0.4 is 14.8 Å². The van der Waals surface area contributed by atoms with Gasteiger partial charge in [0.25, 0.3) is 5.91 Å². The molecule has 1 aliphatic rings. The number of carbonyl (C=O) groups is 2. The second-order valence-electron chi connectivity index (χ2n) is 7.58. The summed E-state index contributed by atoms with van der Waals surface area (Å²) in [7, 11) is 1.52. The first-order chi connectivity index (χ1) is 13.8. The van der Waals surface area contributed by atoms with Crippen molar-refractivity contribution in [3.8, 4) is 11.5 Å². The number of ether oxygens (including phenoxy) is 3. The van der Waals surface area contributed by atoms with E-state index in [9.17, 15) is 9.59 Å². The third kappa shape index (κ3) is 7.28. The molecule has 0 saturated heterocycles. The zero-order valence-corrected chi connectivity index (χ0v) is 18.3. The fourth-order valence-electron chi connectivity index (χ4n) is 3.31. The van der Waals surface area contributed by atoms with E-state index in [4.69, 9.17) is 25.8 Å².